The van der Waals surface area contributed by atoms with Crippen LogP contribution in [0.4, 0.5) is 19.2 Å². The second-order valence-corrected chi connectivity index (χ2v) is 11.9. The van der Waals surface area contributed by atoms with Gasteiger partial charge in [-0.15, -0.1) is 0 Å². The van der Waals surface area contributed by atoms with Crippen LogP contribution in [0, 0.1) is 0 Å². The summed E-state index contributed by atoms with van der Waals surface area (Å²) >= 11 is 0. The summed E-state index contributed by atoms with van der Waals surface area (Å²) < 4.78 is 1.85. The fraction of sp³-hybridized carbons (Fsp3) is 0.562. The molecule has 310 valence electrons. The maximum absolute atomic E-state index is 12.8. The Morgan fingerprint density at radius 1 is 0.625 bits per heavy atom. The van der Waals surface area contributed by atoms with Gasteiger partial charge in [-0.1, -0.05) is 12.8 Å². The third-order valence-electron chi connectivity index (χ3n) is 8.24. The van der Waals surface area contributed by atoms with E-state index < -0.39 is 82.9 Å². The van der Waals surface area contributed by atoms with Gasteiger partial charge in [0.2, 0.25) is 0 Å². The number of imide groups is 2. The average Bonchev–Trinajstić information content (AvgIpc) is 3.13. The highest BCUT2D eigenvalue weighted by molar-refractivity contribution is 6.02. The Labute approximate surface area is 317 Å². The average molecular weight is 795 g/mol. The van der Waals surface area contributed by atoms with Crippen LogP contribution in [0.3, 0.4) is 0 Å². The largest absolute Gasteiger partial charge is 0.530 e. The Hall–Kier alpha value is -6.30. The molecule has 2 heterocycles. The van der Waals surface area contributed by atoms with Crippen molar-refractivity contribution >= 4 is 36.1 Å². The highest BCUT2D eigenvalue weighted by Gasteiger charge is 2.22. The standard InChI is InChI=1S/C32H48N10O14/c1-3-41(31(53)54)25(47)21-19-39(29(51)35-23(21)45)13-11-37(15-17-43)27(49)33-9-7-5-6-8-10-34-28(50)38(16-18-44)12-14-40-20-22(24(46)36-30(40)52)26(48)42(4-2)32(55)56/h19-20,43-44H,3-18H2,1-2H3,(H,33,49)(H,34,50)(H,53,54)(H,55,56)(H,35,45,51)(H,36,46,52)/p-2. The molecule has 56 heavy (non-hydrogen) atoms. The van der Waals surface area contributed by atoms with Gasteiger partial charge in [-0.3, -0.25) is 48.1 Å². The van der Waals surface area contributed by atoms with Crippen molar-refractivity contribution in [3.63, 3.8) is 0 Å². The molecule has 0 aromatic carbocycles. The lowest BCUT2D eigenvalue weighted by molar-refractivity contribution is -0.262. The molecule has 0 aliphatic rings. The number of carbonyl (C=O) groups excluding carboxylic acids is 6. The molecule has 8 amide bonds. The van der Waals surface area contributed by atoms with Crippen molar-refractivity contribution in [3.8, 4) is 0 Å². The van der Waals surface area contributed by atoms with Crippen molar-refractivity contribution < 1.29 is 49.2 Å². The Morgan fingerprint density at radius 3 is 1.29 bits per heavy atom. The number of carboxylic acid groups (broad SMARTS) is 2. The summed E-state index contributed by atoms with van der Waals surface area (Å²) in [5.41, 5.74) is -5.25. The van der Waals surface area contributed by atoms with E-state index in [4.69, 9.17) is 0 Å². The summed E-state index contributed by atoms with van der Waals surface area (Å²) in [6.45, 7) is 0.886. The Balaban J connectivity index is 1.83. The van der Waals surface area contributed by atoms with Crippen molar-refractivity contribution in [3.05, 3.63) is 65.2 Å². The number of hydrogen-bond donors (Lipinski definition) is 6. The van der Waals surface area contributed by atoms with Crippen LogP contribution in [-0.2, 0) is 13.1 Å². The van der Waals surface area contributed by atoms with Crippen LogP contribution >= 0.6 is 0 Å². The number of hydrogen-bond acceptors (Lipinski definition) is 14. The monoisotopic (exact) mass is 794 g/mol. The number of urea groups is 2. The Kier molecular flexibility index (Phi) is 18.7. The lowest BCUT2D eigenvalue weighted by atomic mass is 10.2. The molecule has 0 atom stereocenters. The number of aliphatic hydroxyl groups is 2. The minimum Gasteiger partial charge on any atom is -0.530 e. The summed E-state index contributed by atoms with van der Waals surface area (Å²) in [6, 6.07) is -1.13. The van der Waals surface area contributed by atoms with Crippen molar-refractivity contribution in [1.82, 2.24) is 49.3 Å². The van der Waals surface area contributed by atoms with Gasteiger partial charge in [-0.05, 0) is 26.7 Å². The van der Waals surface area contributed by atoms with Gasteiger partial charge in [-0.25, -0.2) is 19.2 Å². The van der Waals surface area contributed by atoms with Crippen LogP contribution in [0.15, 0.2) is 31.6 Å². The third-order valence-corrected chi connectivity index (χ3v) is 8.24. The van der Waals surface area contributed by atoms with Crippen LogP contribution in [0.5, 0.6) is 0 Å². The highest BCUT2D eigenvalue weighted by atomic mass is 16.4. The molecule has 0 bridgehead atoms. The first-order chi connectivity index (χ1) is 26.6. The molecule has 0 saturated carbocycles. The Morgan fingerprint density at radius 2 is 0.982 bits per heavy atom. The first-order valence-corrected chi connectivity index (χ1v) is 17.6. The smallest absolute Gasteiger partial charge is 0.328 e. The quantitative estimate of drug-likeness (QED) is 0.0647. The zero-order chi connectivity index (χ0) is 41.9. The fourth-order valence-electron chi connectivity index (χ4n) is 5.20. The summed E-state index contributed by atoms with van der Waals surface area (Å²) in [5, 5.41) is 46.7. The number of carbonyl (C=O) groups is 6. The van der Waals surface area contributed by atoms with E-state index in [0.29, 0.717) is 25.7 Å². The molecule has 2 aromatic rings. The molecule has 0 unspecified atom stereocenters. The maximum atomic E-state index is 12.8. The van der Waals surface area contributed by atoms with Crippen molar-refractivity contribution in [1.29, 1.82) is 0 Å². The molecular weight excluding hydrogens is 748 g/mol. The number of nitrogens with zero attached hydrogens (tertiary/aromatic N) is 6. The summed E-state index contributed by atoms with van der Waals surface area (Å²) in [4.78, 5) is 129. The summed E-state index contributed by atoms with van der Waals surface area (Å²) in [5.74, 6) is -2.38. The lowest BCUT2D eigenvalue weighted by Crippen LogP contribution is -2.48. The zero-order valence-corrected chi connectivity index (χ0v) is 30.9. The maximum Gasteiger partial charge on any atom is 0.328 e. The minimum absolute atomic E-state index is 0.109. The number of aromatic nitrogens is 4. The number of unbranched alkanes of at least 4 members (excludes halogenated alkanes) is 3. The zero-order valence-electron chi connectivity index (χ0n) is 30.9. The second-order valence-electron chi connectivity index (χ2n) is 11.9. The molecular formula is C32H46N10O14-2. The predicted molar refractivity (Wildman–Crippen MR) is 189 cm³/mol. The van der Waals surface area contributed by atoms with Crippen LogP contribution in [-0.4, -0.2) is 151 Å². The summed E-state index contributed by atoms with van der Waals surface area (Å²) in [6.07, 6.45) is 0.482. The number of nitrogens with one attached hydrogen (secondary N) is 4. The molecule has 0 fully saturated rings. The van der Waals surface area contributed by atoms with Crippen LogP contribution in [0.2, 0.25) is 0 Å². The topological polar surface area (TPSA) is 336 Å². The van der Waals surface area contributed by atoms with Gasteiger partial charge in [0, 0.05) is 77.8 Å². The molecule has 0 spiro atoms. The second kappa shape index (κ2) is 22.8. The minimum atomic E-state index is -1.83. The molecule has 0 aliphatic carbocycles. The number of rotatable bonds is 21. The van der Waals surface area contributed by atoms with Crippen molar-refractivity contribution in [2.24, 2.45) is 0 Å². The van der Waals surface area contributed by atoms with Gasteiger partial charge < -0.3 is 50.4 Å². The molecule has 24 heteroatoms. The van der Waals surface area contributed by atoms with E-state index in [0.717, 1.165) is 21.5 Å². The molecule has 0 saturated heterocycles. The van der Waals surface area contributed by atoms with Crippen molar-refractivity contribution in [2.75, 3.05) is 65.6 Å². The molecule has 0 radical (unpaired) electrons. The van der Waals surface area contributed by atoms with E-state index in [1.807, 2.05) is 9.97 Å². The first-order valence-electron chi connectivity index (χ1n) is 17.6. The third kappa shape index (κ3) is 13.2. The Bertz CT molecular complexity index is 1800. The van der Waals surface area contributed by atoms with Gasteiger partial charge in [0.05, 0.1) is 13.2 Å². The molecule has 0 aliphatic heterocycles. The van der Waals surface area contributed by atoms with Gasteiger partial charge in [0.15, 0.2) is 0 Å². The van der Waals surface area contributed by atoms with E-state index in [-0.39, 0.29) is 75.2 Å². The van der Waals surface area contributed by atoms with Gasteiger partial charge in [-0.2, -0.15) is 0 Å². The van der Waals surface area contributed by atoms with Crippen LogP contribution in [0.25, 0.3) is 0 Å². The number of aliphatic hydroxyl groups excluding tert-OH is 2. The lowest BCUT2D eigenvalue weighted by Gasteiger charge is -2.23. The van der Waals surface area contributed by atoms with E-state index in [1.54, 1.807) is 0 Å². The molecule has 6 N–H and O–H groups in total. The van der Waals surface area contributed by atoms with Crippen LogP contribution < -0.4 is 43.3 Å². The number of aromatic amines is 2. The predicted octanol–water partition coefficient (Wildman–Crippen LogP) is -4.73. The van der Waals surface area contributed by atoms with E-state index in [1.165, 1.54) is 23.6 Å². The highest BCUT2D eigenvalue weighted by Crippen LogP contribution is 2.03. The SMILES string of the molecule is CCN(C(=O)[O-])C(=O)c1cn(CCN(CCO)C(=O)NCCCCCCNC(=O)N(CCO)CCn2cc(C(=O)N(CC)C(=O)[O-])c(=O)[nH]c2=O)c(=O)[nH]c1=O. The van der Waals surface area contributed by atoms with Gasteiger partial charge >= 0.3 is 23.4 Å². The summed E-state index contributed by atoms with van der Waals surface area (Å²) in [7, 11) is 0. The van der Waals surface area contributed by atoms with Gasteiger partial charge in [0.25, 0.3) is 22.9 Å². The molecule has 2 aromatic heterocycles. The van der Waals surface area contributed by atoms with Gasteiger partial charge in [0.1, 0.15) is 23.3 Å². The van der Waals surface area contributed by atoms with Crippen molar-refractivity contribution in [2.45, 2.75) is 52.6 Å². The van der Waals surface area contributed by atoms with E-state index in [9.17, 15) is 68.4 Å². The number of amides is 8. The normalized spacial score (nSPS) is 10.7. The first kappa shape index (κ1) is 45.9. The fourth-order valence-corrected chi connectivity index (χ4v) is 5.20. The van der Waals surface area contributed by atoms with Crippen LogP contribution in [0.1, 0.15) is 60.2 Å². The molecule has 2 rings (SSSR count). The number of H-pyrrole nitrogens is 2. The van der Waals surface area contributed by atoms with E-state index >= 15 is 0 Å². The van der Waals surface area contributed by atoms with E-state index in [2.05, 4.69) is 10.6 Å². The molecule has 24 nitrogen and oxygen atoms in total.